The number of thiophene rings is 1. The standard InChI is InChI=1S/C16H14F3N3OS/c1-9-3-4-12(7-13(9)16(17,18)19)21-10(2)14(23)22-15-11(8-20)5-6-24-15/h3-7,10,21H,1-2H3,(H,22,23). The zero-order chi connectivity index (χ0) is 17.9. The van der Waals surface area contributed by atoms with Crippen molar-refractivity contribution in [1.29, 1.82) is 5.26 Å². The Kier molecular flexibility index (Phi) is 5.14. The number of nitrogens with one attached hydrogen (secondary N) is 2. The van der Waals surface area contributed by atoms with Crippen LogP contribution >= 0.6 is 11.3 Å². The molecule has 0 aliphatic rings. The number of alkyl halides is 3. The number of aryl methyl sites for hydroxylation is 1. The van der Waals surface area contributed by atoms with Gasteiger partial charge in [0.2, 0.25) is 5.91 Å². The minimum atomic E-state index is -4.45. The lowest BCUT2D eigenvalue weighted by Gasteiger charge is -2.17. The summed E-state index contributed by atoms with van der Waals surface area (Å²) in [6, 6.07) is 6.57. The van der Waals surface area contributed by atoms with Crippen LogP contribution in [0.5, 0.6) is 0 Å². The monoisotopic (exact) mass is 353 g/mol. The molecule has 0 aliphatic carbocycles. The highest BCUT2D eigenvalue weighted by atomic mass is 32.1. The van der Waals surface area contributed by atoms with Gasteiger partial charge in [0.25, 0.3) is 0 Å². The summed E-state index contributed by atoms with van der Waals surface area (Å²) in [7, 11) is 0. The van der Waals surface area contributed by atoms with Gasteiger partial charge in [-0.05, 0) is 43.0 Å². The van der Waals surface area contributed by atoms with E-state index in [-0.39, 0.29) is 11.3 Å². The van der Waals surface area contributed by atoms with Gasteiger partial charge in [-0.3, -0.25) is 4.79 Å². The zero-order valence-electron chi connectivity index (χ0n) is 12.9. The number of hydrogen-bond donors (Lipinski definition) is 2. The highest BCUT2D eigenvalue weighted by Crippen LogP contribution is 2.33. The summed E-state index contributed by atoms with van der Waals surface area (Å²) in [4.78, 5) is 12.1. The van der Waals surface area contributed by atoms with Crippen molar-refractivity contribution < 1.29 is 18.0 Å². The SMILES string of the molecule is Cc1ccc(NC(C)C(=O)Nc2sccc2C#N)cc1C(F)(F)F. The molecule has 24 heavy (non-hydrogen) atoms. The molecule has 8 heteroatoms. The number of nitriles is 1. The van der Waals surface area contributed by atoms with Crippen molar-refractivity contribution in [2.75, 3.05) is 10.6 Å². The first-order valence-electron chi connectivity index (χ1n) is 6.95. The summed E-state index contributed by atoms with van der Waals surface area (Å²) in [5, 5.41) is 16.3. The predicted molar refractivity (Wildman–Crippen MR) is 86.9 cm³/mol. The lowest BCUT2D eigenvalue weighted by atomic mass is 10.1. The molecule has 0 bridgehead atoms. The average Bonchev–Trinajstić information content (AvgIpc) is 2.95. The second-order valence-corrected chi connectivity index (χ2v) is 6.07. The largest absolute Gasteiger partial charge is 0.416 e. The average molecular weight is 353 g/mol. The molecule has 0 radical (unpaired) electrons. The molecule has 1 atom stereocenters. The quantitative estimate of drug-likeness (QED) is 0.857. The number of carbonyl (C=O) groups excluding carboxylic acids is 1. The smallest absolute Gasteiger partial charge is 0.374 e. The molecule has 2 N–H and O–H groups in total. The molecule has 1 heterocycles. The minimum Gasteiger partial charge on any atom is -0.374 e. The van der Waals surface area contributed by atoms with E-state index in [0.717, 1.165) is 6.07 Å². The molecule has 0 saturated heterocycles. The van der Waals surface area contributed by atoms with Gasteiger partial charge in [0, 0.05) is 5.69 Å². The molecular weight excluding hydrogens is 339 g/mol. The summed E-state index contributed by atoms with van der Waals surface area (Å²) in [5.41, 5.74) is -0.0926. The topological polar surface area (TPSA) is 64.9 Å². The van der Waals surface area contributed by atoms with E-state index in [1.54, 1.807) is 11.4 Å². The molecule has 1 aromatic carbocycles. The van der Waals surface area contributed by atoms with Crippen molar-refractivity contribution >= 4 is 27.9 Å². The Morgan fingerprint density at radius 2 is 2.04 bits per heavy atom. The minimum absolute atomic E-state index is 0.113. The molecule has 126 valence electrons. The van der Waals surface area contributed by atoms with Crippen LogP contribution in [-0.2, 0) is 11.0 Å². The molecule has 0 fully saturated rings. The first-order chi connectivity index (χ1) is 11.2. The Labute approximate surface area is 140 Å². The number of nitrogens with zero attached hydrogens (tertiary/aromatic N) is 1. The fraction of sp³-hybridized carbons (Fsp3) is 0.250. The second-order valence-electron chi connectivity index (χ2n) is 5.16. The summed E-state index contributed by atoms with van der Waals surface area (Å²) < 4.78 is 38.8. The highest BCUT2D eigenvalue weighted by molar-refractivity contribution is 7.14. The molecule has 4 nitrogen and oxygen atoms in total. The van der Waals surface area contributed by atoms with Crippen LogP contribution in [0, 0.1) is 18.3 Å². The van der Waals surface area contributed by atoms with Crippen LogP contribution in [0.1, 0.15) is 23.6 Å². The molecule has 0 aliphatic heterocycles. The van der Waals surface area contributed by atoms with E-state index < -0.39 is 23.7 Å². The Hall–Kier alpha value is -2.53. The van der Waals surface area contributed by atoms with E-state index in [1.165, 1.54) is 37.3 Å². The van der Waals surface area contributed by atoms with Crippen molar-refractivity contribution in [3.8, 4) is 6.07 Å². The van der Waals surface area contributed by atoms with Gasteiger partial charge in [-0.25, -0.2) is 0 Å². The molecule has 0 spiro atoms. The first kappa shape index (κ1) is 17.8. The number of amides is 1. The van der Waals surface area contributed by atoms with E-state index in [1.807, 2.05) is 6.07 Å². The fourth-order valence-corrected chi connectivity index (χ4v) is 2.79. The molecule has 2 rings (SSSR count). The van der Waals surface area contributed by atoms with Gasteiger partial charge < -0.3 is 10.6 Å². The normalized spacial score (nSPS) is 12.3. The first-order valence-corrected chi connectivity index (χ1v) is 7.83. The number of benzene rings is 1. The summed E-state index contributed by atoms with van der Waals surface area (Å²) in [6.45, 7) is 2.91. The third-order valence-corrected chi connectivity index (χ3v) is 4.17. The second kappa shape index (κ2) is 6.93. The summed E-state index contributed by atoms with van der Waals surface area (Å²) in [6.07, 6.45) is -4.45. The van der Waals surface area contributed by atoms with Crippen LogP contribution in [0.15, 0.2) is 29.6 Å². The molecule has 2 aromatic rings. The Balaban J connectivity index is 2.11. The van der Waals surface area contributed by atoms with Crippen LogP contribution in [0.4, 0.5) is 23.9 Å². The van der Waals surface area contributed by atoms with Crippen LogP contribution in [-0.4, -0.2) is 11.9 Å². The third kappa shape index (κ3) is 4.06. The van der Waals surface area contributed by atoms with Gasteiger partial charge in [0.15, 0.2) is 0 Å². The van der Waals surface area contributed by atoms with Crippen molar-refractivity contribution in [3.05, 3.63) is 46.3 Å². The maximum absolute atomic E-state index is 12.9. The van der Waals surface area contributed by atoms with Gasteiger partial charge in [-0.1, -0.05) is 6.07 Å². The number of rotatable bonds is 4. The number of hydrogen-bond acceptors (Lipinski definition) is 4. The lowest BCUT2D eigenvalue weighted by Crippen LogP contribution is -2.31. The molecule has 1 unspecified atom stereocenters. The van der Waals surface area contributed by atoms with E-state index in [0.29, 0.717) is 10.6 Å². The van der Waals surface area contributed by atoms with Crippen molar-refractivity contribution in [2.24, 2.45) is 0 Å². The van der Waals surface area contributed by atoms with Crippen LogP contribution in [0.3, 0.4) is 0 Å². The zero-order valence-corrected chi connectivity index (χ0v) is 13.7. The molecule has 0 saturated carbocycles. The van der Waals surface area contributed by atoms with Gasteiger partial charge in [-0.15, -0.1) is 11.3 Å². The summed E-state index contributed by atoms with van der Waals surface area (Å²) in [5.74, 6) is -0.442. The Bertz CT molecular complexity index is 793. The predicted octanol–water partition coefficient (Wildman–Crippen LogP) is 4.39. The van der Waals surface area contributed by atoms with Gasteiger partial charge >= 0.3 is 6.18 Å². The molecular formula is C16H14F3N3OS. The van der Waals surface area contributed by atoms with E-state index in [2.05, 4.69) is 10.6 Å². The maximum atomic E-state index is 12.9. The van der Waals surface area contributed by atoms with E-state index in [4.69, 9.17) is 5.26 Å². The number of anilines is 2. The van der Waals surface area contributed by atoms with E-state index >= 15 is 0 Å². The van der Waals surface area contributed by atoms with Gasteiger partial charge in [0.05, 0.1) is 11.1 Å². The third-order valence-electron chi connectivity index (χ3n) is 3.34. The Morgan fingerprint density at radius 3 is 2.67 bits per heavy atom. The van der Waals surface area contributed by atoms with Crippen LogP contribution < -0.4 is 10.6 Å². The fourth-order valence-electron chi connectivity index (χ4n) is 2.05. The number of carbonyl (C=O) groups is 1. The van der Waals surface area contributed by atoms with Crippen molar-refractivity contribution in [1.82, 2.24) is 0 Å². The number of halogens is 3. The van der Waals surface area contributed by atoms with Crippen LogP contribution in [0.25, 0.3) is 0 Å². The van der Waals surface area contributed by atoms with Gasteiger partial charge in [0.1, 0.15) is 17.1 Å². The maximum Gasteiger partial charge on any atom is 0.416 e. The highest BCUT2D eigenvalue weighted by Gasteiger charge is 2.32. The molecule has 1 amide bonds. The lowest BCUT2D eigenvalue weighted by molar-refractivity contribution is -0.138. The Morgan fingerprint density at radius 1 is 1.33 bits per heavy atom. The van der Waals surface area contributed by atoms with Crippen molar-refractivity contribution in [2.45, 2.75) is 26.1 Å². The van der Waals surface area contributed by atoms with Crippen molar-refractivity contribution in [3.63, 3.8) is 0 Å². The summed E-state index contributed by atoms with van der Waals surface area (Å²) >= 11 is 1.20. The van der Waals surface area contributed by atoms with Gasteiger partial charge in [-0.2, -0.15) is 18.4 Å². The molecule has 1 aromatic heterocycles. The van der Waals surface area contributed by atoms with E-state index in [9.17, 15) is 18.0 Å². The van der Waals surface area contributed by atoms with Crippen LogP contribution in [0.2, 0.25) is 0 Å².